The number of aryl methyl sites for hydroxylation is 1. The molecule has 104 valence electrons. The zero-order valence-corrected chi connectivity index (χ0v) is 11.7. The van der Waals surface area contributed by atoms with Crippen LogP contribution in [-0.2, 0) is 4.74 Å². The topological polar surface area (TPSA) is 21.7 Å². The van der Waals surface area contributed by atoms with E-state index < -0.39 is 0 Å². The van der Waals surface area contributed by atoms with Crippen molar-refractivity contribution >= 4 is 0 Å². The van der Waals surface area contributed by atoms with Gasteiger partial charge in [0, 0.05) is 26.3 Å². The van der Waals surface area contributed by atoms with Crippen molar-refractivity contribution in [2.24, 2.45) is 5.92 Å². The summed E-state index contributed by atoms with van der Waals surface area (Å²) in [6, 6.07) is 8.31. The second kappa shape index (κ2) is 5.93. The molecule has 2 aliphatic heterocycles. The first-order chi connectivity index (χ1) is 9.29. The van der Waals surface area contributed by atoms with Crippen molar-refractivity contribution < 1.29 is 9.47 Å². The van der Waals surface area contributed by atoms with Crippen LogP contribution in [0, 0.1) is 12.8 Å². The molecule has 3 rings (SSSR count). The van der Waals surface area contributed by atoms with Gasteiger partial charge in [-0.05, 0) is 49.9 Å². The molecule has 2 heterocycles. The molecule has 3 heteroatoms. The lowest BCUT2D eigenvalue weighted by atomic mass is 10.0. The van der Waals surface area contributed by atoms with Gasteiger partial charge < -0.3 is 9.47 Å². The van der Waals surface area contributed by atoms with Crippen molar-refractivity contribution in [3.63, 3.8) is 0 Å². The predicted octanol–water partition coefficient (Wildman–Crippen LogP) is 2.48. The Labute approximate surface area is 115 Å². The van der Waals surface area contributed by atoms with E-state index in [-0.39, 0.29) is 0 Å². The minimum atomic E-state index is 0.377. The van der Waals surface area contributed by atoms with E-state index in [1.54, 1.807) is 0 Å². The van der Waals surface area contributed by atoms with Crippen molar-refractivity contribution in [3.8, 4) is 5.75 Å². The fourth-order valence-electron chi connectivity index (χ4n) is 2.84. The summed E-state index contributed by atoms with van der Waals surface area (Å²) in [6.45, 7) is 7.37. The van der Waals surface area contributed by atoms with Crippen LogP contribution in [-0.4, -0.2) is 43.9 Å². The molecule has 19 heavy (non-hydrogen) atoms. The molecular formula is C16H23NO2. The molecule has 0 bridgehead atoms. The summed E-state index contributed by atoms with van der Waals surface area (Å²) < 4.78 is 11.4. The average Bonchev–Trinajstić information content (AvgIpc) is 2.85. The van der Waals surface area contributed by atoms with Crippen LogP contribution in [0.15, 0.2) is 24.3 Å². The van der Waals surface area contributed by atoms with E-state index in [1.807, 2.05) is 6.07 Å². The molecule has 0 aromatic heterocycles. The summed E-state index contributed by atoms with van der Waals surface area (Å²) in [5.74, 6) is 1.80. The van der Waals surface area contributed by atoms with E-state index in [9.17, 15) is 0 Å². The van der Waals surface area contributed by atoms with Gasteiger partial charge in [-0.1, -0.05) is 12.1 Å². The maximum Gasteiger partial charge on any atom is 0.124 e. The first-order valence-electron chi connectivity index (χ1n) is 7.33. The Bertz CT molecular complexity index is 409. The smallest absolute Gasteiger partial charge is 0.124 e. The summed E-state index contributed by atoms with van der Waals surface area (Å²) in [4.78, 5) is 2.48. The largest absolute Gasteiger partial charge is 0.488 e. The van der Waals surface area contributed by atoms with Gasteiger partial charge in [0.1, 0.15) is 11.9 Å². The lowest BCUT2D eigenvalue weighted by Crippen LogP contribution is -2.54. The van der Waals surface area contributed by atoms with Crippen LogP contribution >= 0.6 is 0 Å². The SMILES string of the molecule is Cc1cccc(OC2CN(CC[C@@H]3CCOC3)C2)c1. The molecule has 0 spiro atoms. The van der Waals surface area contributed by atoms with Gasteiger partial charge in [-0.3, -0.25) is 4.90 Å². The molecule has 2 saturated heterocycles. The average molecular weight is 261 g/mol. The summed E-state index contributed by atoms with van der Waals surface area (Å²) >= 11 is 0. The zero-order chi connectivity index (χ0) is 13.1. The molecule has 0 radical (unpaired) electrons. The zero-order valence-electron chi connectivity index (χ0n) is 11.7. The highest BCUT2D eigenvalue weighted by Gasteiger charge is 2.29. The van der Waals surface area contributed by atoms with Gasteiger partial charge >= 0.3 is 0 Å². The maximum absolute atomic E-state index is 5.97. The van der Waals surface area contributed by atoms with Crippen molar-refractivity contribution in [2.75, 3.05) is 32.8 Å². The summed E-state index contributed by atoms with van der Waals surface area (Å²) in [5.41, 5.74) is 1.26. The minimum absolute atomic E-state index is 0.377. The number of benzene rings is 1. The Morgan fingerprint density at radius 1 is 1.37 bits per heavy atom. The molecular weight excluding hydrogens is 238 g/mol. The highest BCUT2D eigenvalue weighted by Crippen LogP contribution is 2.21. The quantitative estimate of drug-likeness (QED) is 0.813. The number of hydrogen-bond donors (Lipinski definition) is 0. The molecule has 0 unspecified atom stereocenters. The van der Waals surface area contributed by atoms with Gasteiger partial charge in [0.25, 0.3) is 0 Å². The molecule has 3 nitrogen and oxygen atoms in total. The fraction of sp³-hybridized carbons (Fsp3) is 0.625. The molecule has 1 aromatic carbocycles. The second-order valence-electron chi connectivity index (χ2n) is 5.83. The minimum Gasteiger partial charge on any atom is -0.488 e. The van der Waals surface area contributed by atoms with E-state index in [0.29, 0.717) is 6.10 Å². The highest BCUT2D eigenvalue weighted by molar-refractivity contribution is 5.27. The van der Waals surface area contributed by atoms with E-state index in [0.717, 1.165) is 38.0 Å². The third-order valence-electron chi connectivity index (χ3n) is 4.09. The van der Waals surface area contributed by atoms with Gasteiger partial charge in [0.15, 0.2) is 0 Å². The summed E-state index contributed by atoms with van der Waals surface area (Å²) in [5, 5.41) is 0. The van der Waals surface area contributed by atoms with Crippen molar-refractivity contribution in [1.29, 1.82) is 0 Å². The number of nitrogens with zero attached hydrogens (tertiary/aromatic N) is 1. The normalized spacial score (nSPS) is 24.4. The van der Waals surface area contributed by atoms with Crippen LogP contribution < -0.4 is 4.74 Å². The Morgan fingerprint density at radius 2 is 2.26 bits per heavy atom. The van der Waals surface area contributed by atoms with E-state index in [2.05, 4.69) is 30.0 Å². The number of hydrogen-bond acceptors (Lipinski definition) is 3. The molecule has 0 aliphatic carbocycles. The van der Waals surface area contributed by atoms with E-state index in [4.69, 9.17) is 9.47 Å². The predicted molar refractivity (Wildman–Crippen MR) is 75.6 cm³/mol. The molecule has 0 saturated carbocycles. The first-order valence-corrected chi connectivity index (χ1v) is 7.33. The van der Waals surface area contributed by atoms with Crippen molar-refractivity contribution in [3.05, 3.63) is 29.8 Å². The number of ether oxygens (including phenoxy) is 2. The fourth-order valence-corrected chi connectivity index (χ4v) is 2.84. The lowest BCUT2D eigenvalue weighted by molar-refractivity contribution is 0.0164. The van der Waals surface area contributed by atoms with Gasteiger partial charge in [-0.2, -0.15) is 0 Å². The monoisotopic (exact) mass is 261 g/mol. The Hall–Kier alpha value is -1.06. The molecule has 1 atom stereocenters. The molecule has 2 aliphatic rings. The number of rotatable bonds is 5. The van der Waals surface area contributed by atoms with Crippen LogP contribution in [0.25, 0.3) is 0 Å². The standard InChI is InChI=1S/C16H23NO2/c1-13-3-2-4-15(9-13)19-16-10-17(11-16)7-5-14-6-8-18-12-14/h2-4,9,14,16H,5-8,10-12H2,1H3/t14-/m1/s1. The maximum atomic E-state index is 5.97. The van der Waals surface area contributed by atoms with Gasteiger partial charge in [0.2, 0.25) is 0 Å². The Balaban J connectivity index is 1.36. The van der Waals surface area contributed by atoms with Crippen molar-refractivity contribution in [2.45, 2.75) is 25.9 Å². The van der Waals surface area contributed by atoms with Crippen molar-refractivity contribution in [1.82, 2.24) is 4.90 Å². The van der Waals surface area contributed by atoms with Crippen LogP contribution in [0.3, 0.4) is 0 Å². The molecule has 0 N–H and O–H groups in total. The summed E-state index contributed by atoms with van der Waals surface area (Å²) in [7, 11) is 0. The van der Waals surface area contributed by atoms with Crippen LogP contribution in [0.5, 0.6) is 5.75 Å². The van der Waals surface area contributed by atoms with Crippen LogP contribution in [0.1, 0.15) is 18.4 Å². The third-order valence-corrected chi connectivity index (χ3v) is 4.09. The number of likely N-dealkylation sites (tertiary alicyclic amines) is 1. The van der Waals surface area contributed by atoms with Crippen LogP contribution in [0.2, 0.25) is 0 Å². The summed E-state index contributed by atoms with van der Waals surface area (Å²) in [6.07, 6.45) is 2.90. The van der Waals surface area contributed by atoms with Crippen LogP contribution in [0.4, 0.5) is 0 Å². The second-order valence-corrected chi connectivity index (χ2v) is 5.83. The van der Waals surface area contributed by atoms with E-state index >= 15 is 0 Å². The first kappa shape index (κ1) is 12.9. The van der Waals surface area contributed by atoms with Gasteiger partial charge in [-0.15, -0.1) is 0 Å². The third kappa shape index (κ3) is 3.48. The Morgan fingerprint density at radius 3 is 3.00 bits per heavy atom. The lowest BCUT2D eigenvalue weighted by Gasteiger charge is -2.39. The van der Waals surface area contributed by atoms with Gasteiger partial charge in [-0.25, -0.2) is 0 Å². The van der Waals surface area contributed by atoms with Gasteiger partial charge in [0.05, 0.1) is 0 Å². The highest BCUT2D eigenvalue weighted by atomic mass is 16.5. The Kier molecular flexibility index (Phi) is 4.04. The molecule has 2 fully saturated rings. The molecule has 1 aromatic rings. The van der Waals surface area contributed by atoms with E-state index in [1.165, 1.54) is 24.9 Å². The molecule has 0 amide bonds.